The van der Waals surface area contributed by atoms with Crippen molar-refractivity contribution in [3.63, 3.8) is 0 Å². The molecule has 5 heteroatoms. The minimum atomic E-state index is -1.04. The molecule has 4 aliphatic rings. The molecule has 0 bridgehead atoms. The van der Waals surface area contributed by atoms with Gasteiger partial charge in [-0.2, -0.15) is 0 Å². The van der Waals surface area contributed by atoms with Gasteiger partial charge < -0.3 is 15.3 Å². The molecule has 4 rings (SSSR count). The van der Waals surface area contributed by atoms with Crippen LogP contribution in [0.2, 0.25) is 0 Å². The summed E-state index contributed by atoms with van der Waals surface area (Å²) in [5.74, 6) is -0.187. The Hall–Kier alpha value is -1.82. The van der Waals surface area contributed by atoms with Crippen molar-refractivity contribution in [2.45, 2.75) is 72.0 Å². The number of carbonyl (C=O) groups excluding carboxylic acids is 2. The Morgan fingerprint density at radius 1 is 1.21 bits per heavy atom. The van der Waals surface area contributed by atoms with E-state index in [2.05, 4.69) is 13.8 Å². The average molecular weight is 455 g/mol. The molecule has 4 aliphatic carbocycles. The standard InChI is InChI=1S/C28H38O5/c1-16(6-7-18(15-29)26(2,3)33)21-13-23(31)25-20-9-8-17-12-19(30)10-11-27(17,4)22(20)14-24(32)28(21,25)5/h6-9,12,16,18,21-22,24,29,32-33H,10-11,13-15H2,1-5H3/b7-6+/t16-,18-,21-,22+,24-,27+,28+/m1/s1. The summed E-state index contributed by atoms with van der Waals surface area (Å²) < 4.78 is 0. The van der Waals surface area contributed by atoms with E-state index in [1.807, 2.05) is 31.2 Å². The van der Waals surface area contributed by atoms with Crippen molar-refractivity contribution in [3.05, 3.63) is 47.1 Å². The van der Waals surface area contributed by atoms with Crippen LogP contribution in [0.15, 0.2) is 47.1 Å². The van der Waals surface area contributed by atoms with Crippen LogP contribution in [0.4, 0.5) is 0 Å². The van der Waals surface area contributed by atoms with Crippen LogP contribution in [-0.4, -0.2) is 45.2 Å². The molecule has 0 unspecified atom stereocenters. The van der Waals surface area contributed by atoms with Crippen LogP contribution in [0, 0.1) is 34.5 Å². The number of rotatable bonds is 5. The number of hydrogen-bond donors (Lipinski definition) is 3. The monoisotopic (exact) mass is 454 g/mol. The normalized spacial score (nSPS) is 38.2. The van der Waals surface area contributed by atoms with Crippen LogP contribution < -0.4 is 0 Å². The molecule has 180 valence electrons. The second kappa shape index (κ2) is 8.14. The Morgan fingerprint density at radius 2 is 1.91 bits per heavy atom. The number of hydrogen-bond acceptors (Lipinski definition) is 5. The molecule has 7 atom stereocenters. The van der Waals surface area contributed by atoms with Crippen molar-refractivity contribution in [2.75, 3.05) is 6.61 Å². The summed E-state index contributed by atoms with van der Waals surface area (Å²) in [7, 11) is 0. The lowest BCUT2D eigenvalue weighted by atomic mass is 9.52. The Labute approximate surface area is 197 Å². The van der Waals surface area contributed by atoms with Gasteiger partial charge in [-0.15, -0.1) is 0 Å². The van der Waals surface area contributed by atoms with Gasteiger partial charge in [-0.05, 0) is 61.7 Å². The molecule has 0 radical (unpaired) electrons. The van der Waals surface area contributed by atoms with Gasteiger partial charge in [0, 0.05) is 35.2 Å². The van der Waals surface area contributed by atoms with Crippen molar-refractivity contribution in [1.29, 1.82) is 0 Å². The maximum absolute atomic E-state index is 13.4. The van der Waals surface area contributed by atoms with Gasteiger partial charge in [-0.1, -0.05) is 45.1 Å². The van der Waals surface area contributed by atoms with Gasteiger partial charge in [0.1, 0.15) is 0 Å². The van der Waals surface area contributed by atoms with Crippen molar-refractivity contribution in [3.8, 4) is 0 Å². The van der Waals surface area contributed by atoms with Crippen molar-refractivity contribution in [1.82, 2.24) is 0 Å². The van der Waals surface area contributed by atoms with Crippen LogP contribution in [0.3, 0.4) is 0 Å². The SMILES string of the molecule is C[C@H](/C=C/[C@H](CO)C(C)(C)O)[C@H]1CC(=O)C2=C3C=CC4=CC(=O)CC[C@]4(C)[C@H]3C[C@@H](O)[C@@]21C. The van der Waals surface area contributed by atoms with Crippen LogP contribution in [0.5, 0.6) is 0 Å². The van der Waals surface area contributed by atoms with Crippen molar-refractivity contribution >= 4 is 11.6 Å². The highest BCUT2D eigenvalue weighted by molar-refractivity contribution is 6.01. The first-order valence-electron chi connectivity index (χ1n) is 12.2. The molecule has 0 aromatic rings. The summed E-state index contributed by atoms with van der Waals surface area (Å²) in [6.07, 6.45) is 11.1. The maximum atomic E-state index is 13.4. The van der Waals surface area contributed by atoms with E-state index in [0.717, 1.165) is 23.1 Å². The zero-order valence-electron chi connectivity index (χ0n) is 20.5. The molecule has 0 aromatic heterocycles. The van der Waals surface area contributed by atoms with Gasteiger partial charge in [-0.25, -0.2) is 0 Å². The first-order valence-corrected chi connectivity index (χ1v) is 12.2. The highest BCUT2D eigenvalue weighted by Gasteiger charge is 2.60. The Balaban J connectivity index is 1.73. The Kier molecular flexibility index (Phi) is 6.00. The van der Waals surface area contributed by atoms with E-state index in [1.165, 1.54) is 0 Å². The second-order valence-electron chi connectivity index (χ2n) is 11.7. The lowest BCUT2D eigenvalue weighted by Gasteiger charge is -2.52. The molecule has 3 N–H and O–H groups in total. The fourth-order valence-electron chi connectivity index (χ4n) is 6.88. The van der Waals surface area contributed by atoms with Gasteiger partial charge in [0.2, 0.25) is 0 Å². The number of aliphatic hydroxyl groups is 3. The lowest BCUT2D eigenvalue weighted by Crippen LogP contribution is -2.49. The molecule has 0 saturated heterocycles. The molecule has 0 aromatic carbocycles. The number of allylic oxidation sites excluding steroid dienone is 6. The van der Waals surface area contributed by atoms with Crippen LogP contribution in [0.1, 0.15) is 60.3 Å². The number of fused-ring (bicyclic) bond motifs is 4. The van der Waals surface area contributed by atoms with Crippen molar-refractivity contribution in [2.24, 2.45) is 34.5 Å². The van der Waals surface area contributed by atoms with E-state index in [9.17, 15) is 24.9 Å². The number of aliphatic hydroxyl groups excluding tert-OH is 2. The largest absolute Gasteiger partial charge is 0.396 e. The summed E-state index contributed by atoms with van der Waals surface area (Å²) >= 11 is 0. The summed E-state index contributed by atoms with van der Waals surface area (Å²) in [6.45, 7) is 9.44. The molecule has 1 fully saturated rings. The highest BCUT2D eigenvalue weighted by atomic mass is 16.3. The quantitative estimate of drug-likeness (QED) is 0.551. The summed E-state index contributed by atoms with van der Waals surface area (Å²) in [5, 5.41) is 31.5. The maximum Gasteiger partial charge on any atom is 0.160 e. The lowest BCUT2D eigenvalue weighted by molar-refractivity contribution is -0.117. The molecular weight excluding hydrogens is 416 g/mol. The number of Topliss-reactive ketones (excluding diaryl/α,β-unsaturated/α-hetero) is 1. The fraction of sp³-hybridized carbons (Fsp3) is 0.643. The fourth-order valence-corrected chi connectivity index (χ4v) is 6.88. The predicted octanol–water partition coefficient (Wildman–Crippen LogP) is 3.70. The summed E-state index contributed by atoms with van der Waals surface area (Å²) in [6, 6.07) is 0. The third-order valence-electron chi connectivity index (χ3n) is 9.27. The first-order chi connectivity index (χ1) is 15.3. The minimum absolute atomic E-state index is 0.00874. The van der Waals surface area contributed by atoms with E-state index in [0.29, 0.717) is 19.3 Å². The van der Waals surface area contributed by atoms with Crippen LogP contribution in [0.25, 0.3) is 0 Å². The molecule has 0 aliphatic heterocycles. The molecular formula is C28H38O5. The van der Waals surface area contributed by atoms with E-state index < -0.39 is 23.0 Å². The van der Waals surface area contributed by atoms with Crippen LogP contribution in [-0.2, 0) is 9.59 Å². The van der Waals surface area contributed by atoms with Gasteiger partial charge in [0.15, 0.2) is 11.6 Å². The molecule has 5 nitrogen and oxygen atoms in total. The third kappa shape index (κ3) is 3.73. The first kappa shape index (κ1) is 24.3. The Morgan fingerprint density at radius 3 is 2.55 bits per heavy atom. The smallest absolute Gasteiger partial charge is 0.160 e. The van der Waals surface area contributed by atoms with E-state index in [-0.39, 0.29) is 41.3 Å². The van der Waals surface area contributed by atoms with Crippen LogP contribution >= 0.6 is 0 Å². The summed E-state index contributed by atoms with van der Waals surface area (Å²) in [4.78, 5) is 25.4. The topological polar surface area (TPSA) is 94.8 Å². The predicted molar refractivity (Wildman–Crippen MR) is 127 cm³/mol. The van der Waals surface area contributed by atoms with Gasteiger partial charge in [-0.3, -0.25) is 9.59 Å². The number of carbonyl (C=O) groups is 2. The van der Waals surface area contributed by atoms with E-state index in [4.69, 9.17) is 0 Å². The molecule has 33 heavy (non-hydrogen) atoms. The average Bonchev–Trinajstić information content (AvgIpc) is 3.01. The van der Waals surface area contributed by atoms with Gasteiger partial charge >= 0.3 is 0 Å². The van der Waals surface area contributed by atoms with E-state index >= 15 is 0 Å². The second-order valence-corrected chi connectivity index (χ2v) is 11.7. The van der Waals surface area contributed by atoms with E-state index in [1.54, 1.807) is 19.9 Å². The molecule has 0 spiro atoms. The minimum Gasteiger partial charge on any atom is -0.396 e. The Bertz CT molecular complexity index is 977. The van der Waals surface area contributed by atoms with Crippen molar-refractivity contribution < 1.29 is 24.9 Å². The molecule has 0 heterocycles. The number of ketones is 2. The highest BCUT2D eigenvalue weighted by Crippen LogP contribution is 2.62. The zero-order valence-corrected chi connectivity index (χ0v) is 20.5. The summed E-state index contributed by atoms with van der Waals surface area (Å²) in [5.41, 5.74) is 0.904. The van der Waals surface area contributed by atoms with Gasteiger partial charge in [0.25, 0.3) is 0 Å². The third-order valence-corrected chi connectivity index (χ3v) is 9.27. The molecule has 1 saturated carbocycles. The zero-order chi connectivity index (χ0) is 24.3. The van der Waals surface area contributed by atoms with Gasteiger partial charge in [0.05, 0.1) is 18.3 Å². The molecule has 0 amide bonds.